The second kappa shape index (κ2) is 11.5. The van der Waals surface area contributed by atoms with Crippen LogP contribution >= 0.6 is 0 Å². The highest BCUT2D eigenvalue weighted by atomic mass is 16.5. The van der Waals surface area contributed by atoms with Gasteiger partial charge in [0.25, 0.3) is 0 Å². The van der Waals surface area contributed by atoms with Crippen LogP contribution in [-0.4, -0.2) is 18.6 Å². The van der Waals surface area contributed by atoms with Crippen molar-refractivity contribution in [2.45, 2.75) is 53.4 Å². The number of methoxy groups -OCH3 is 1. The van der Waals surface area contributed by atoms with E-state index in [-0.39, 0.29) is 14.8 Å². The molecule has 0 aromatic heterocycles. The lowest BCUT2D eigenvalue weighted by Gasteiger charge is -2.20. The minimum absolute atomic E-state index is 0. The SMILES string of the molecule is C.CC.COc1ccc(CCC2C(=O)CCC2C2=CN=C(c3ccccc3)C2)cc1.[HH]. The first-order chi connectivity index (χ1) is 14.2. The number of benzene rings is 2. The van der Waals surface area contributed by atoms with Crippen molar-refractivity contribution in [2.24, 2.45) is 16.8 Å². The first-order valence-corrected chi connectivity index (χ1v) is 10.7. The first kappa shape index (κ1) is 23.6. The van der Waals surface area contributed by atoms with Gasteiger partial charge in [-0.3, -0.25) is 9.79 Å². The van der Waals surface area contributed by atoms with Gasteiger partial charge in [-0.1, -0.05) is 63.7 Å². The van der Waals surface area contributed by atoms with Crippen LogP contribution in [0.3, 0.4) is 0 Å². The van der Waals surface area contributed by atoms with Gasteiger partial charge in [0.15, 0.2) is 0 Å². The van der Waals surface area contributed by atoms with E-state index in [1.165, 1.54) is 16.7 Å². The smallest absolute Gasteiger partial charge is 0.136 e. The van der Waals surface area contributed by atoms with Gasteiger partial charge in [0, 0.05) is 26.4 Å². The lowest BCUT2D eigenvalue weighted by molar-refractivity contribution is -0.121. The number of carbonyl (C=O) groups excluding carboxylic acids is 1. The highest BCUT2D eigenvalue weighted by Gasteiger charge is 2.37. The molecule has 1 aliphatic carbocycles. The summed E-state index contributed by atoms with van der Waals surface area (Å²) in [4.78, 5) is 17.2. The van der Waals surface area contributed by atoms with Crippen molar-refractivity contribution in [3.8, 4) is 5.75 Å². The third-order valence-electron chi connectivity index (χ3n) is 5.85. The van der Waals surface area contributed by atoms with Gasteiger partial charge in [-0.25, -0.2) is 0 Å². The Morgan fingerprint density at radius 2 is 1.77 bits per heavy atom. The molecular weight excluding hydrogens is 370 g/mol. The van der Waals surface area contributed by atoms with E-state index in [1.54, 1.807) is 7.11 Å². The summed E-state index contributed by atoms with van der Waals surface area (Å²) in [5.41, 5.74) is 4.90. The van der Waals surface area contributed by atoms with Gasteiger partial charge in [-0.2, -0.15) is 0 Å². The maximum Gasteiger partial charge on any atom is 0.136 e. The van der Waals surface area contributed by atoms with E-state index in [0.717, 1.165) is 37.1 Å². The molecular formula is C27H37NO2. The molecule has 0 saturated heterocycles. The zero-order valence-electron chi connectivity index (χ0n) is 17.7. The number of carbonyl (C=O) groups is 1. The maximum atomic E-state index is 12.5. The fourth-order valence-electron chi connectivity index (χ4n) is 4.31. The Morgan fingerprint density at radius 3 is 2.43 bits per heavy atom. The molecule has 3 nitrogen and oxygen atoms in total. The van der Waals surface area contributed by atoms with Crippen LogP contribution in [-0.2, 0) is 11.2 Å². The summed E-state index contributed by atoms with van der Waals surface area (Å²) in [5.74, 6) is 1.77. The first-order valence-electron chi connectivity index (χ1n) is 10.7. The van der Waals surface area contributed by atoms with Crippen LogP contribution in [0.25, 0.3) is 0 Å². The summed E-state index contributed by atoms with van der Waals surface area (Å²) in [5, 5.41) is 0. The summed E-state index contributed by atoms with van der Waals surface area (Å²) >= 11 is 0. The third kappa shape index (κ3) is 5.47. The Labute approximate surface area is 183 Å². The van der Waals surface area contributed by atoms with Crippen molar-refractivity contribution in [1.82, 2.24) is 0 Å². The molecule has 1 aliphatic heterocycles. The fraction of sp³-hybridized carbons (Fsp3) is 0.407. The monoisotopic (exact) mass is 407 g/mol. The predicted molar refractivity (Wildman–Crippen MR) is 128 cm³/mol. The van der Waals surface area contributed by atoms with E-state index >= 15 is 0 Å². The number of aryl methyl sites for hydroxylation is 1. The van der Waals surface area contributed by atoms with E-state index in [0.29, 0.717) is 18.1 Å². The average Bonchev–Trinajstić information content (AvgIpc) is 3.41. The fourth-order valence-corrected chi connectivity index (χ4v) is 4.31. The molecule has 162 valence electrons. The summed E-state index contributed by atoms with van der Waals surface area (Å²) in [6.45, 7) is 4.00. The molecule has 0 bridgehead atoms. The molecule has 0 spiro atoms. The molecule has 1 heterocycles. The number of allylic oxidation sites excluding steroid dienone is 1. The van der Waals surface area contributed by atoms with Crippen LogP contribution in [0.1, 0.15) is 59.5 Å². The number of ketones is 1. The number of ether oxygens (including phenoxy) is 1. The number of hydrogen-bond donors (Lipinski definition) is 0. The minimum atomic E-state index is 0. The van der Waals surface area contributed by atoms with Crippen molar-refractivity contribution in [3.63, 3.8) is 0 Å². The maximum absolute atomic E-state index is 12.5. The molecule has 0 amide bonds. The van der Waals surface area contributed by atoms with Crippen LogP contribution in [0.2, 0.25) is 0 Å². The van der Waals surface area contributed by atoms with Gasteiger partial charge in [0.1, 0.15) is 11.5 Å². The molecule has 2 aromatic rings. The lowest BCUT2D eigenvalue weighted by atomic mass is 9.83. The average molecular weight is 408 g/mol. The predicted octanol–water partition coefficient (Wildman–Crippen LogP) is 6.91. The van der Waals surface area contributed by atoms with E-state index in [4.69, 9.17) is 4.74 Å². The number of Topliss-reactive ketones (excluding diaryl/α,β-unsaturated/α-hetero) is 1. The highest BCUT2D eigenvalue weighted by molar-refractivity contribution is 6.03. The molecule has 2 atom stereocenters. The molecule has 0 N–H and O–H groups in total. The standard InChI is InChI=1S/C24H25NO2.C2H6.CH4.H2/c1-27-20-10-7-17(8-11-20)9-12-22-21(13-14-24(22)26)19-15-23(25-16-19)18-5-3-2-4-6-18;1-2;;/h2-8,10-11,16,21-22H,9,12-15H2,1H3;1-2H3;1H4;1H. The third-order valence-corrected chi connectivity index (χ3v) is 5.85. The molecule has 1 fully saturated rings. The van der Waals surface area contributed by atoms with Crippen LogP contribution in [0.4, 0.5) is 0 Å². The Kier molecular flexibility index (Phi) is 9.04. The van der Waals surface area contributed by atoms with Gasteiger partial charge in [-0.05, 0) is 54.0 Å². The van der Waals surface area contributed by atoms with Gasteiger partial charge >= 0.3 is 0 Å². The van der Waals surface area contributed by atoms with E-state index in [2.05, 4.69) is 29.3 Å². The second-order valence-corrected chi connectivity index (χ2v) is 7.43. The van der Waals surface area contributed by atoms with E-state index < -0.39 is 0 Å². The number of aliphatic imine (C=N–C) groups is 1. The summed E-state index contributed by atoms with van der Waals surface area (Å²) in [7, 11) is 1.68. The lowest BCUT2D eigenvalue weighted by Crippen LogP contribution is -2.18. The number of nitrogens with zero attached hydrogens (tertiary/aromatic N) is 1. The zero-order valence-corrected chi connectivity index (χ0v) is 17.7. The molecule has 30 heavy (non-hydrogen) atoms. The molecule has 2 aliphatic rings. The van der Waals surface area contributed by atoms with Gasteiger partial charge in [0.05, 0.1) is 12.8 Å². The Hall–Kier alpha value is -2.68. The highest BCUT2D eigenvalue weighted by Crippen LogP contribution is 2.40. The molecule has 0 radical (unpaired) electrons. The Bertz CT molecular complexity index is 872. The van der Waals surface area contributed by atoms with Crippen molar-refractivity contribution >= 4 is 11.5 Å². The van der Waals surface area contributed by atoms with Crippen molar-refractivity contribution < 1.29 is 11.0 Å². The van der Waals surface area contributed by atoms with Crippen LogP contribution in [0.15, 0.2) is 71.4 Å². The molecule has 2 aromatic carbocycles. The normalized spacial score (nSPS) is 19.9. The number of rotatable bonds is 6. The minimum Gasteiger partial charge on any atom is -0.497 e. The van der Waals surface area contributed by atoms with E-state index in [1.807, 2.05) is 50.4 Å². The topological polar surface area (TPSA) is 38.7 Å². The second-order valence-electron chi connectivity index (χ2n) is 7.43. The zero-order chi connectivity index (χ0) is 20.6. The largest absolute Gasteiger partial charge is 0.497 e. The summed E-state index contributed by atoms with van der Waals surface area (Å²) in [6, 6.07) is 18.5. The number of hydrogen-bond acceptors (Lipinski definition) is 3. The Balaban J connectivity index is 0.00000117. The van der Waals surface area contributed by atoms with E-state index in [9.17, 15) is 4.79 Å². The van der Waals surface area contributed by atoms with Crippen molar-refractivity contribution in [1.29, 1.82) is 0 Å². The molecule has 2 unspecified atom stereocenters. The van der Waals surface area contributed by atoms with Crippen LogP contribution < -0.4 is 4.74 Å². The van der Waals surface area contributed by atoms with Crippen LogP contribution in [0.5, 0.6) is 5.75 Å². The Morgan fingerprint density at radius 1 is 1.07 bits per heavy atom. The summed E-state index contributed by atoms with van der Waals surface area (Å²) in [6.07, 6.45) is 6.41. The molecule has 1 saturated carbocycles. The summed E-state index contributed by atoms with van der Waals surface area (Å²) < 4.78 is 5.22. The van der Waals surface area contributed by atoms with Gasteiger partial charge in [0.2, 0.25) is 0 Å². The molecule has 4 rings (SSSR count). The quantitative estimate of drug-likeness (QED) is 0.522. The van der Waals surface area contributed by atoms with Crippen molar-refractivity contribution in [3.05, 3.63) is 77.5 Å². The van der Waals surface area contributed by atoms with Crippen molar-refractivity contribution in [2.75, 3.05) is 7.11 Å². The van der Waals surface area contributed by atoms with Crippen LogP contribution in [0, 0.1) is 11.8 Å². The van der Waals surface area contributed by atoms with Gasteiger partial charge in [-0.15, -0.1) is 0 Å². The van der Waals surface area contributed by atoms with Gasteiger partial charge < -0.3 is 4.74 Å². The molecule has 3 heteroatoms.